The monoisotopic (exact) mass is 312 g/mol. The van der Waals surface area contributed by atoms with Gasteiger partial charge in [0.25, 0.3) is 5.91 Å². The van der Waals surface area contributed by atoms with E-state index < -0.39 is 0 Å². The zero-order valence-electron chi connectivity index (χ0n) is 11.2. The average Bonchev–Trinajstić information content (AvgIpc) is 3.10. The molecule has 0 aromatic heterocycles. The zero-order valence-corrected chi connectivity index (χ0v) is 12.8. The molecule has 20 heavy (non-hydrogen) atoms. The molecule has 1 N–H and O–H groups in total. The summed E-state index contributed by atoms with van der Waals surface area (Å²) in [5, 5.41) is 4.44. The number of amides is 1. The molecule has 2 atom stereocenters. The first-order chi connectivity index (χ1) is 9.66. The predicted molar refractivity (Wildman–Crippen MR) is 81.5 cm³/mol. The van der Waals surface area contributed by atoms with Gasteiger partial charge < -0.3 is 10.2 Å². The molecule has 1 aromatic rings. The number of halogens is 2. The summed E-state index contributed by atoms with van der Waals surface area (Å²) in [4.78, 5) is 14.7. The largest absolute Gasteiger partial charge is 0.334 e. The Morgan fingerprint density at radius 2 is 2.05 bits per heavy atom. The fourth-order valence-electron chi connectivity index (χ4n) is 3.30. The van der Waals surface area contributed by atoms with E-state index >= 15 is 0 Å². The number of hydrogen-bond acceptors (Lipinski definition) is 2. The number of likely N-dealkylation sites (tertiary alicyclic amines) is 1. The fourth-order valence-corrected chi connectivity index (χ4v) is 3.60. The Kier molecular flexibility index (Phi) is 4.20. The number of carbonyl (C=O) groups is 1. The lowest BCUT2D eigenvalue weighted by atomic mass is 10.0. The number of rotatable bonds is 2. The van der Waals surface area contributed by atoms with Crippen LogP contribution < -0.4 is 5.32 Å². The van der Waals surface area contributed by atoms with Crippen LogP contribution in [0.4, 0.5) is 0 Å². The predicted octanol–water partition coefficient (Wildman–Crippen LogP) is 3.35. The average molecular weight is 313 g/mol. The molecular formula is C15H18Cl2N2O. The molecule has 0 saturated carbocycles. The second-order valence-electron chi connectivity index (χ2n) is 5.54. The molecule has 1 aromatic carbocycles. The first-order valence-electron chi connectivity index (χ1n) is 7.16. The van der Waals surface area contributed by atoms with Crippen molar-refractivity contribution >= 4 is 29.1 Å². The normalized spacial score (nSPS) is 26.2. The van der Waals surface area contributed by atoms with Crippen LogP contribution in [0.2, 0.25) is 10.0 Å². The van der Waals surface area contributed by atoms with E-state index in [1.165, 1.54) is 6.42 Å². The third kappa shape index (κ3) is 2.67. The van der Waals surface area contributed by atoms with Crippen molar-refractivity contribution in [2.45, 2.75) is 37.8 Å². The molecule has 2 unspecified atom stereocenters. The van der Waals surface area contributed by atoms with Gasteiger partial charge >= 0.3 is 0 Å². The van der Waals surface area contributed by atoms with Gasteiger partial charge in [-0.05, 0) is 50.4 Å². The molecule has 3 rings (SSSR count). The maximum absolute atomic E-state index is 12.7. The van der Waals surface area contributed by atoms with Crippen LogP contribution in [-0.4, -0.2) is 36.0 Å². The summed E-state index contributed by atoms with van der Waals surface area (Å²) in [7, 11) is 0. The molecule has 0 aliphatic carbocycles. The first-order valence-corrected chi connectivity index (χ1v) is 7.92. The van der Waals surface area contributed by atoms with E-state index in [0.29, 0.717) is 27.7 Å². The van der Waals surface area contributed by atoms with Gasteiger partial charge in [-0.1, -0.05) is 23.2 Å². The van der Waals surface area contributed by atoms with Crippen LogP contribution in [-0.2, 0) is 0 Å². The second-order valence-corrected chi connectivity index (χ2v) is 6.35. The van der Waals surface area contributed by atoms with E-state index in [1.807, 2.05) is 4.90 Å². The summed E-state index contributed by atoms with van der Waals surface area (Å²) in [6, 6.07) is 5.89. The van der Waals surface area contributed by atoms with Crippen molar-refractivity contribution in [2.75, 3.05) is 13.1 Å². The fraction of sp³-hybridized carbons (Fsp3) is 0.533. The molecule has 2 fully saturated rings. The molecule has 3 nitrogen and oxygen atoms in total. The zero-order chi connectivity index (χ0) is 14.1. The lowest BCUT2D eigenvalue weighted by molar-refractivity contribution is 0.0711. The Hall–Kier alpha value is -0.770. The minimum absolute atomic E-state index is 0.0692. The van der Waals surface area contributed by atoms with Crippen molar-refractivity contribution in [3.8, 4) is 0 Å². The maximum atomic E-state index is 12.7. The highest BCUT2D eigenvalue weighted by Crippen LogP contribution is 2.28. The summed E-state index contributed by atoms with van der Waals surface area (Å²) in [5.74, 6) is 0.0692. The maximum Gasteiger partial charge on any atom is 0.254 e. The summed E-state index contributed by atoms with van der Waals surface area (Å²) in [6.07, 6.45) is 4.53. The van der Waals surface area contributed by atoms with Crippen molar-refractivity contribution in [1.82, 2.24) is 10.2 Å². The molecule has 0 bridgehead atoms. The van der Waals surface area contributed by atoms with Gasteiger partial charge in [-0.15, -0.1) is 0 Å². The van der Waals surface area contributed by atoms with E-state index in [-0.39, 0.29) is 5.91 Å². The van der Waals surface area contributed by atoms with Gasteiger partial charge in [0, 0.05) is 24.2 Å². The molecule has 5 heteroatoms. The Labute approximate surface area is 129 Å². The highest BCUT2D eigenvalue weighted by atomic mass is 35.5. The van der Waals surface area contributed by atoms with E-state index in [2.05, 4.69) is 5.32 Å². The second kappa shape index (κ2) is 5.92. The molecule has 0 spiro atoms. The highest BCUT2D eigenvalue weighted by Gasteiger charge is 2.36. The van der Waals surface area contributed by atoms with Crippen LogP contribution in [0.3, 0.4) is 0 Å². The van der Waals surface area contributed by atoms with E-state index in [0.717, 1.165) is 32.4 Å². The summed E-state index contributed by atoms with van der Waals surface area (Å²) < 4.78 is 0. The van der Waals surface area contributed by atoms with Gasteiger partial charge in [0.15, 0.2) is 0 Å². The number of carbonyl (C=O) groups excluding carboxylic acids is 1. The smallest absolute Gasteiger partial charge is 0.254 e. The SMILES string of the molecule is O=C(c1ccc(Cl)c(Cl)c1)N1CCCC1C1CCCN1. The number of nitrogens with one attached hydrogen (secondary N) is 1. The Morgan fingerprint density at radius 1 is 1.20 bits per heavy atom. The topological polar surface area (TPSA) is 32.3 Å². The molecule has 0 radical (unpaired) electrons. The van der Waals surface area contributed by atoms with Gasteiger partial charge in [-0.2, -0.15) is 0 Å². The molecular weight excluding hydrogens is 295 g/mol. The summed E-state index contributed by atoms with van der Waals surface area (Å²) >= 11 is 11.9. The van der Waals surface area contributed by atoms with Crippen LogP contribution in [0.15, 0.2) is 18.2 Å². The molecule has 1 amide bonds. The quantitative estimate of drug-likeness (QED) is 0.908. The lowest BCUT2D eigenvalue weighted by Crippen LogP contribution is -2.46. The third-order valence-electron chi connectivity index (χ3n) is 4.29. The number of hydrogen-bond donors (Lipinski definition) is 1. The van der Waals surface area contributed by atoms with E-state index in [9.17, 15) is 4.79 Å². The molecule has 2 aliphatic rings. The Morgan fingerprint density at radius 3 is 2.75 bits per heavy atom. The van der Waals surface area contributed by atoms with Crippen molar-refractivity contribution in [2.24, 2.45) is 0 Å². The third-order valence-corrected chi connectivity index (χ3v) is 5.03. The Balaban J connectivity index is 1.79. The number of benzene rings is 1. The van der Waals surface area contributed by atoms with Crippen molar-refractivity contribution in [3.05, 3.63) is 33.8 Å². The van der Waals surface area contributed by atoms with Crippen LogP contribution in [0, 0.1) is 0 Å². The van der Waals surface area contributed by atoms with Crippen LogP contribution in [0.1, 0.15) is 36.0 Å². The molecule has 2 saturated heterocycles. The van der Waals surface area contributed by atoms with Gasteiger partial charge in [0.05, 0.1) is 10.0 Å². The lowest BCUT2D eigenvalue weighted by Gasteiger charge is -2.29. The van der Waals surface area contributed by atoms with Crippen molar-refractivity contribution in [1.29, 1.82) is 0 Å². The van der Waals surface area contributed by atoms with Crippen LogP contribution in [0.25, 0.3) is 0 Å². The minimum Gasteiger partial charge on any atom is -0.334 e. The molecule has 2 heterocycles. The first kappa shape index (κ1) is 14.2. The van der Waals surface area contributed by atoms with E-state index in [4.69, 9.17) is 23.2 Å². The van der Waals surface area contributed by atoms with Crippen LogP contribution >= 0.6 is 23.2 Å². The van der Waals surface area contributed by atoms with Gasteiger partial charge in [-0.25, -0.2) is 0 Å². The van der Waals surface area contributed by atoms with Crippen molar-refractivity contribution in [3.63, 3.8) is 0 Å². The van der Waals surface area contributed by atoms with Crippen LogP contribution in [0.5, 0.6) is 0 Å². The number of nitrogens with zero attached hydrogens (tertiary/aromatic N) is 1. The van der Waals surface area contributed by atoms with Gasteiger partial charge in [0.2, 0.25) is 0 Å². The summed E-state index contributed by atoms with van der Waals surface area (Å²) in [6.45, 7) is 1.90. The highest BCUT2D eigenvalue weighted by molar-refractivity contribution is 6.42. The van der Waals surface area contributed by atoms with Gasteiger partial charge in [0.1, 0.15) is 0 Å². The van der Waals surface area contributed by atoms with Gasteiger partial charge in [-0.3, -0.25) is 4.79 Å². The minimum atomic E-state index is 0.0692. The summed E-state index contributed by atoms with van der Waals surface area (Å²) in [5.41, 5.74) is 0.629. The van der Waals surface area contributed by atoms with E-state index in [1.54, 1.807) is 18.2 Å². The molecule has 2 aliphatic heterocycles. The van der Waals surface area contributed by atoms with Crippen molar-refractivity contribution < 1.29 is 4.79 Å². The standard InChI is InChI=1S/C15H18Cl2N2O/c16-11-6-5-10(9-12(11)17)15(20)19-8-2-4-14(19)13-3-1-7-18-13/h5-6,9,13-14,18H,1-4,7-8H2. The Bertz CT molecular complexity index is 515. The molecule has 108 valence electrons.